The third-order valence-corrected chi connectivity index (χ3v) is 3.52. The van der Waals surface area contributed by atoms with Gasteiger partial charge >= 0.3 is 0 Å². The summed E-state index contributed by atoms with van der Waals surface area (Å²) < 4.78 is 13.6. The van der Waals surface area contributed by atoms with Crippen LogP contribution in [0.4, 0.5) is 4.39 Å². The normalized spacial score (nSPS) is 22.8. The number of piperazine rings is 1. The molecule has 1 fully saturated rings. The highest BCUT2D eigenvalue weighted by molar-refractivity contribution is 5.85. The monoisotopic (exact) mass is 278 g/mol. The minimum atomic E-state index is -0.0299. The Labute approximate surface area is 113 Å². The van der Waals surface area contributed by atoms with Crippen molar-refractivity contribution in [3.05, 3.63) is 35.1 Å². The Balaban J connectivity index is 0.000000722. The van der Waals surface area contributed by atoms with E-state index in [9.17, 15) is 4.39 Å². The second-order valence-electron chi connectivity index (χ2n) is 4.31. The van der Waals surface area contributed by atoms with Gasteiger partial charge in [-0.05, 0) is 23.6 Å². The highest BCUT2D eigenvalue weighted by Gasteiger charge is 2.30. The van der Waals surface area contributed by atoms with E-state index < -0.39 is 0 Å². The average Bonchev–Trinajstić information content (AvgIpc) is 2.29. The number of fused-ring (bicyclic) bond motifs is 3. The van der Waals surface area contributed by atoms with E-state index in [1.165, 1.54) is 5.56 Å². The van der Waals surface area contributed by atoms with E-state index in [2.05, 4.69) is 16.3 Å². The Morgan fingerprint density at radius 2 is 2.06 bits per heavy atom. The smallest absolute Gasteiger partial charge is 0.126 e. The summed E-state index contributed by atoms with van der Waals surface area (Å²) in [5.74, 6) is -0.0299. The lowest BCUT2D eigenvalue weighted by atomic mass is 9.91. The van der Waals surface area contributed by atoms with Crippen LogP contribution in [-0.2, 0) is 6.42 Å². The van der Waals surface area contributed by atoms with E-state index in [0.717, 1.165) is 38.2 Å². The van der Waals surface area contributed by atoms with Crippen LogP contribution >= 0.6 is 24.8 Å². The number of nitrogens with one attached hydrogen (secondary N) is 1. The summed E-state index contributed by atoms with van der Waals surface area (Å²) in [7, 11) is 0. The summed E-state index contributed by atoms with van der Waals surface area (Å²) in [4.78, 5) is 2.46. The van der Waals surface area contributed by atoms with E-state index in [-0.39, 0.29) is 30.6 Å². The summed E-state index contributed by atoms with van der Waals surface area (Å²) in [6.45, 7) is 4.10. The van der Waals surface area contributed by atoms with Gasteiger partial charge in [-0.2, -0.15) is 0 Å². The van der Waals surface area contributed by atoms with Gasteiger partial charge in [0.1, 0.15) is 5.82 Å². The van der Waals surface area contributed by atoms with Gasteiger partial charge in [0.05, 0.1) is 0 Å². The van der Waals surface area contributed by atoms with Gasteiger partial charge in [-0.25, -0.2) is 4.39 Å². The molecular weight excluding hydrogens is 262 g/mol. The number of hydrogen-bond donors (Lipinski definition) is 1. The lowest BCUT2D eigenvalue weighted by Gasteiger charge is -2.40. The molecule has 0 radical (unpaired) electrons. The molecule has 0 bridgehead atoms. The van der Waals surface area contributed by atoms with Gasteiger partial charge in [-0.15, -0.1) is 24.8 Å². The quantitative estimate of drug-likeness (QED) is 0.783. The van der Waals surface area contributed by atoms with Crippen molar-refractivity contribution in [1.29, 1.82) is 0 Å². The minimum absolute atomic E-state index is 0. The van der Waals surface area contributed by atoms with Crippen LogP contribution in [0.15, 0.2) is 18.2 Å². The molecule has 0 spiro atoms. The molecule has 96 valence electrons. The summed E-state index contributed by atoms with van der Waals surface area (Å²) in [6, 6.07) is 5.86. The zero-order valence-corrected chi connectivity index (χ0v) is 11.1. The van der Waals surface area contributed by atoms with Crippen LogP contribution in [0, 0.1) is 5.82 Å². The molecule has 2 aliphatic heterocycles. The molecule has 3 rings (SSSR count). The predicted molar refractivity (Wildman–Crippen MR) is 71.8 cm³/mol. The second-order valence-corrected chi connectivity index (χ2v) is 4.31. The average molecular weight is 279 g/mol. The molecule has 1 atom stereocenters. The highest BCUT2D eigenvalue weighted by atomic mass is 35.5. The molecule has 1 N–H and O–H groups in total. The van der Waals surface area contributed by atoms with Crippen molar-refractivity contribution in [3.8, 4) is 0 Å². The third kappa shape index (κ3) is 2.58. The first kappa shape index (κ1) is 14.7. The van der Waals surface area contributed by atoms with Crippen LogP contribution in [0.2, 0.25) is 0 Å². The summed E-state index contributed by atoms with van der Waals surface area (Å²) in [5, 5.41) is 3.38. The van der Waals surface area contributed by atoms with Crippen molar-refractivity contribution >= 4 is 24.8 Å². The van der Waals surface area contributed by atoms with Crippen molar-refractivity contribution in [2.24, 2.45) is 0 Å². The molecule has 2 nitrogen and oxygen atoms in total. The first-order valence-corrected chi connectivity index (χ1v) is 5.58. The number of benzene rings is 1. The number of rotatable bonds is 0. The number of halogens is 3. The zero-order chi connectivity index (χ0) is 10.3. The van der Waals surface area contributed by atoms with Gasteiger partial charge in [0.25, 0.3) is 0 Å². The molecule has 2 heterocycles. The molecular formula is C12H17Cl2FN2. The molecule has 1 unspecified atom stereocenters. The fourth-order valence-electron chi connectivity index (χ4n) is 2.73. The van der Waals surface area contributed by atoms with Crippen LogP contribution < -0.4 is 5.32 Å². The van der Waals surface area contributed by atoms with Gasteiger partial charge in [0.15, 0.2) is 0 Å². The Morgan fingerprint density at radius 1 is 1.24 bits per heavy atom. The Hall–Kier alpha value is -0.350. The standard InChI is InChI=1S/C12H15FN2.2ClH/c13-11-3-1-2-10-9(11)4-6-15-7-5-14-8-12(10)15;;/h1-3,12,14H,4-8H2;2*1H. The lowest BCUT2D eigenvalue weighted by molar-refractivity contribution is 0.150. The zero-order valence-electron chi connectivity index (χ0n) is 9.49. The maximum absolute atomic E-state index is 13.6. The molecule has 0 aromatic heterocycles. The molecule has 1 aromatic carbocycles. The van der Waals surface area contributed by atoms with Crippen molar-refractivity contribution < 1.29 is 4.39 Å². The van der Waals surface area contributed by atoms with Crippen LogP contribution in [0.25, 0.3) is 0 Å². The second kappa shape index (κ2) is 6.01. The van der Waals surface area contributed by atoms with Crippen molar-refractivity contribution in [1.82, 2.24) is 10.2 Å². The summed E-state index contributed by atoms with van der Waals surface area (Å²) in [5.41, 5.74) is 2.12. The van der Waals surface area contributed by atoms with E-state index in [1.54, 1.807) is 6.07 Å². The van der Waals surface area contributed by atoms with Gasteiger partial charge in [0, 0.05) is 32.2 Å². The van der Waals surface area contributed by atoms with Crippen LogP contribution in [0.1, 0.15) is 17.2 Å². The SMILES string of the molecule is Cl.Cl.Fc1cccc2c1CCN1CCNCC21. The topological polar surface area (TPSA) is 15.3 Å². The Morgan fingerprint density at radius 3 is 2.88 bits per heavy atom. The van der Waals surface area contributed by atoms with E-state index in [4.69, 9.17) is 0 Å². The van der Waals surface area contributed by atoms with Crippen molar-refractivity contribution in [2.75, 3.05) is 26.2 Å². The molecule has 1 aromatic rings. The fourth-order valence-corrected chi connectivity index (χ4v) is 2.73. The van der Waals surface area contributed by atoms with Gasteiger partial charge < -0.3 is 5.32 Å². The third-order valence-electron chi connectivity index (χ3n) is 3.52. The molecule has 17 heavy (non-hydrogen) atoms. The molecule has 0 amide bonds. The predicted octanol–water partition coefficient (Wildman–Crippen LogP) is 2.17. The van der Waals surface area contributed by atoms with E-state index in [1.807, 2.05) is 6.07 Å². The number of hydrogen-bond acceptors (Lipinski definition) is 2. The summed E-state index contributed by atoms with van der Waals surface area (Å²) >= 11 is 0. The number of nitrogens with zero attached hydrogens (tertiary/aromatic N) is 1. The fraction of sp³-hybridized carbons (Fsp3) is 0.500. The summed E-state index contributed by atoms with van der Waals surface area (Å²) in [6.07, 6.45) is 0.860. The molecule has 1 saturated heterocycles. The first-order valence-electron chi connectivity index (χ1n) is 5.58. The van der Waals surface area contributed by atoms with Gasteiger partial charge in [-0.1, -0.05) is 12.1 Å². The van der Waals surface area contributed by atoms with Crippen LogP contribution in [0.3, 0.4) is 0 Å². The first-order chi connectivity index (χ1) is 7.36. The maximum atomic E-state index is 13.6. The van der Waals surface area contributed by atoms with Crippen LogP contribution in [-0.4, -0.2) is 31.1 Å². The molecule has 0 aliphatic carbocycles. The lowest BCUT2D eigenvalue weighted by Crippen LogP contribution is -2.49. The van der Waals surface area contributed by atoms with Crippen molar-refractivity contribution in [2.45, 2.75) is 12.5 Å². The highest BCUT2D eigenvalue weighted by Crippen LogP contribution is 2.31. The molecule has 0 saturated carbocycles. The van der Waals surface area contributed by atoms with Gasteiger partial charge in [0.2, 0.25) is 0 Å². The van der Waals surface area contributed by atoms with Crippen molar-refractivity contribution in [3.63, 3.8) is 0 Å². The van der Waals surface area contributed by atoms with E-state index >= 15 is 0 Å². The van der Waals surface area contributed by atoms with Gasteiger partial charge in [-0.3, -0.25) is 4.90 Å². The minimum Gasteiger partial charge on any atom is -0.314 e. The molecule has 5 heteroatoms. The van der Waals surface area contributed by atoms with Crippen LogP contribution in [0.5, 0.6) is 0 Å². The van der Waals surface area contributed by atoms with E-state index in [0.29, 0.717) is 6.04 Å². The Kier molecular flexibility index (Phi) is 5.20. The maximum Gasteiger partial charge on any atom is 0.126 e. The largest absolute Gasteiger partial charge is 0.314 e. The molecule has 2 aliphatic rings. The Bertz CT molecular complexity index is 387.